The quantitative estimate of drug-likeness (QED) is 0.127. The van der Waals surface area contributed by atoms with Crippen molar-refractivity contribution in [2.24, 2.45) is 0 Å². The molecule has 12 aromatic rings. The third-order valence-corrected chi connectivity index (χ3v) is 17.8. The van der Waals surface area contributed by atoms with Crippen molar-refractivity contribution in [2.75, 3.05) is 9.80 Å². The van der Waals surface area contributed by atoms with Crippen LogP contribution < -0.4 is 9.80 Å². The van der Waals surface area contributed by atoms with Crippen LogP contribution in [0.2, 0.25) is 0 Å². The molecule has 2 aliphatic rings. The maximum atomic E-state index is 2.43. The monoisotopic (exact) mass is 1050 g/mol. The van der Waals surface area contributed by atoms with Crippen molar-refractivity contribution in [3.05, 3.63) is 312 Å². The number of benzene rings is 12. The summed E-state index contributed by atoms with van der Waals surface area (Å²) in [4.78, 5) is 4.86. The van der Waals surface area contributed by atoms with Gasteiger partial charge in [-0.05, 0) is 187 Å². The summed E-state index contributed by atoms with van der Waals surface area (Å²) in [7, 11) is 0. The van der Waals surface area contributed by atoms with Crippen molar-refractivity contribution in [3.63, 3.8) is 0 Å². The van der Waals surface area contributed by atoms with Crippen molar-refractivity contribution in [2.45, 2.75) is 52.4 Å². The van der Waals surface area contributed by atoms with Crippen molar-refractivity contribution >= 4 is 34.1 Å². The van der Waals surface area contributed by atoms with Crippen molar-refractivity contribution in [3.8, 4) is 77.9 Å². The van der Waals surface area contributed by atoms with E-state index in [1.54, 1.807) is 0 Å². The molecule has 82 heavy (non-hydrogen) atoms. The molecule has 0 saturated carbocycles. The highest BCUT2D eigenvalue weighted by molar-refractivity contribution is 5.93. The van der Waals surface area contributed by atoms with Gasteiger partial charge < -0.3 is 9.80 Å². The molecule has 0 fully saturated rings. The number of anilines is 6. The van der Waals surface area contributed by atoms with E-state index in [-0.39, 0.29) is 10.8 Å². The van der Waals surface area contributed by atoms with Crippen LogP contribution >= 0.6 is 0 Å². The third kappa shape index (κ3) is 8.57. The first-order chi connectivity index (χ1) is 40.0. The Bertz CT molecular complexity index is 4110. The van der Waals surface area contributed by atoms with Gasteiger partial charge in [0.25, 0.3) is 0 Å². The lowest BCUT2D eigenvalue weighted by Gasteiger charge is -2.29. The molecule has 0 spiro atoms. The van der Waals surface area contributed by atoms with Crippen LogP contribution in [-0.4, -0.2) is 0 Å². The Morgan fingerprint density at radius 1 is 0.220 bits per heavy atom. The van der Waals surface area contributed by atoms with Crippen LogP contribution in [0.4, 0.5) is 34.1 Å². The molecular formula is C80H64N2. The van der Waals surface area contributed by atoms with Gasteiger partial charge in [0.1, 0.15) is 0 Å². The Balaban J connectivity index is 0.821. The van der Waals surface area contributed by atoms with E-state index in [1.807, 2.05) is 0 Å². The normalized spacial score (nSPS) is 13.2. The maximum Gasteiger partial charge on any atom is 0.0540 e. The fourth-order valence-corrected chi connectivity index (χ4v) is 13.5. The van der Waals surface area contributed by atoms with E-state index in [0.29, 0.717) is 0 Å². The molecule has 2 aliphatic carbocycles. The Morgan fingerprint density at radius 3 is 0.915 bits per heavy atom. The lowest BCUT2D eigenvalue weighted by molar-refractivity contribution is 0.660. The predicted molar refractivity (Wildman–Crippen MR) is 348 cm³/mol. The van der Waals surface area contributed by atoms with Gasteiger partial charge in [-0.2, -0.15) is 0 Å². The predicted octanol–water partition coefficient (Wildman–Crippen LogP) is 22.2. The number of aryl methyl sites for hydroxylation is 2. The average Bonchev–Trinajstić information content (AvgIpc) is 2.58. The molecule has 0 aromatic heterocycles. The summed E-state index contributed by atoms with van der Waals surface area (Å²) in [5.74, 6) is 0. The summed E-state index contributed by atoms with van der Waals surface area (Å²) < 4.78 is 0. The summed E-state index contributed by atoms with van der Waals surface area (Å²) in [5.41, 5.74) is 31.8. The lowest BCUT2D eigenvalue weighted by atomic mass is 9.81. The summed E-state index contributed by atoms with van der Waals surface area (Å²) in [6.45, 7) is 13.9. The van der Waals surface area contributed by atoms with Crippen LogP contribution in [0.5, 0.6) is 0 Å². The minimum atomic E-state index is -0.0660. The van der Waals surface area contributed by atoms with Gasteiger partial charge in [-0.15, -0.1) is 0 Å². The van der Waals surface area contributed by atoms with Crippen LogP contribution in [0, 0.1) is 13.8 Å². The zero-order valence-corrected chi connectivity index (χ0v) is 47.5. The van der Waals surface area contributed by atoms with Crippen molar-refractivity contribution < 1.29 is 0 Å². The smallest absolute Gasteiger partial charge is 0.0540 e. The summed E-state index contributed by atoms with van der Waals surface area (Å²) in [5, 5.41) is 0. The van der Waals surface area contributed by atoms with Gasteiger partial charge in [-0.1, -0.05) is 234 Å². The van der Waals surface area contributed by atoms with Gasteiger partial charge in [0.2, 0.25) is 0 Å². The summed E-state index contributed by atoms with van der Waals surface area (Å²) >= 11 is 0. The van der Waals surface area contributed by atoms with Gasteiger partial charge in [-0.25, -0.2) is 0 Å². The number of rotatable bonds is 11. The van der Waals surface area contributed by atoms with E-state index in [0.717, 1.165) is 34.1 Å². The third-order valence-electron chi connectivity index (χ3n) is 17.8. The van der Waals surface area contributed by atoms with Crippen LogP contribution in [0.15, 0.2) is 279 Å². The SMILES string of the molecule is Cc1cc(N(c2ccc(-c3ccc4c(c3)C(C)(C)c3ccccc3-4)cc2)c2ccccc2-c2ccccc2)ccc1-c1ccc(N(c2ccc(-c3ccc4c(c3)C(C)(C)c3ccccc3-4)cc2)c2ccccc2-c2ccccc2)cc1C. The van der Waals surface area contributed by atoms with E-state index >= 15 is 0 Å². The first-order valence-corrected chi connectivity index (χ1v) is 28.8. The zero-order chi connectivity index (χ0) is 55.7. The van der Waals surface area contributed by atoms with E-state index < -0.39 is 0 Å². The second-order valence-corrected chi connectivity index (χ2v) is 23.4. The van der Waals surface area contributed by atoms with Crippen LogP contribution in [0.1, 0.15) is 61.1 Å². The molecule has 0 atom stereocenters. The molecule has 0 amide bonds. The first-order valence-electron chi connectivity index (χ1n) is 28.8. The highest BCUT2D eigenvalue weighted by Crippen LogP contribution is 2.52. The number of hydrogen-bond acceptors (Lipinski definition) is 2. The number of hydrogen-bond donors (Lipinski definition) is 0. The Morgan fingerprint density at radius 2 is 0.524 bits per heavy atom. The topological polar surface area (TPSA) is 6.48 Å². The minimum Gasteiger partial charge on any atom is -0.310 e. The van der Waals surface area contributed by atoms with E-state index in [4.69, 9.17) is 0 Å². The molecule has 394 valence electrons. The molecule has 0 heterocycles. The van der Waals surface area contributed by atoms with E-state index in [2.05, 4.69) is 330 Å². The molecule has 0 aliphatic heterocycles. The molecule has 0 radical (unpaired) electrons. The maximum absolute atomic E-state index is 2.43. The van der Waals surface area contributed by atoms with Gasteiger partial charge in [0.05, 0.1) is 11.4 Å². The van der Waals surface area contributed by atoms with Gasteiger partial charge in [0, 0.05) is 44.7 Å². The van der Waals surface area contributed by atoms with Gasteiger partial charge in [-0.3, -0.25) is 0 Å². The van der Waals surface area contributed by atoms with Gasteiger partial charge in [0.15, 0.2) is 0 Å². The molecule has 0 unspecified atom stereocenters. The van der Waals surface area contributed by atoms with Crippen molar-refractivity contribution in [1.82, 2.24) is 0 Å². The fourth-order valence-electron chi connectivity index (χ4n) is 13.5. The second-order valence-electron chi connectivity index (χ2n) is 23.4. The van der Waals surface area contributed by atoms with E-state index in [9.17, 15) is 0 Å². The Hall–Kier alpha value is -9.76. The summed E-state index contributed by atoms with van der Waals surface area (Å²) in [6.07, 6.45) is 0. The fraction of sp³-hybridized carbons (Fsp3) is 0.100. The highest BCUT2D eigenvalue weighted by atomic mass is 15.2. The van der Waals surface area contributed by atoms with Crippen LogP contribution in [-0.2, 0) is 10.8 Å². The second kappa shape index (κ2) is 20.1. The molecule has 0 N–H and O–H groups in total. The Labute approximate surface area is 483 Å². The first kappa shape index (κ1) is 50.5. The van der Waals surface area contributed by atoms with Gasteiger partial charge >= 0.3 is 0 Å². The molecular weight excluding hydrogens is 989 g/mol. The van der Waals surface area contributed by atoms with Crippen molar-refractivity contribution in [1.29, 1.82) is 0 Å². The minimum absolute atomic E-state index is 0.0660. The van der Waals surface area contributed by atoms with E-state index in [1.165, 1.54) is 111 Å². The standard InChI is InChI=1S/C80H64N2/c1-53-49-63(81(77-31-19-15-25-67(77)57-21-9-7-10-22-57)61-39-33-55(34-40-61)59-37-45-71-69-27-13-17-29-73(69)79(3,4)75(71)51-59)43-47-65(53)66-48-44-64(50-54(66)2)82(78-32-20-16-26-68(78)58-23-11-8-12-24-58)62-41-35-56(36-42-62)60-38-46-72-70-28-14-18-30-74(70)80(5,6)76(72)52-60/h7-52H,1-6H3. The molecule has 2 heteroatoms. The highest BCUT2D eigenvalue weighted by Gasteiger charge is 2.37. The molecule has 0 saturated heterocycles. The number of fused-ring (bicyclic) bond motifs is 6. The molecule has 2 nitrogen and oxygen atoms in total. The van der Waals surface area contributed by atoms with Crippen LogP contribution in [0.3, 0.4) is 0 Å². The molecule has 12 aromatic carbocycles. The van der Waals surface area contributed by atoms with Crippen LogP contribution in [0.25, 0.3) is 77.9 Å². The molecule has 14 rings (SSSR count). The zero-order valence-electron chi connectivity index (χ0n) is 47.5. The lowest BCUT2D eigenvalue weighted by Crippen LogP contribution is -2.14. The Kier molecular flexibility index (Phi) is 12.4. The molecule has 0 bridgehead atoms. The average molecular weight is 1050 g/mol. The number of nitrogens with zero attached hydrogens (tertiary/aromatic N) is 2. The summed E-state index contributed by atoms with van der Waals surface area (Å²) in [6, 6.07) is 103. The largest absolute Gasteiger partial charge is 0.310 e. The number of para-hydroxylation sites is 2.